The predicted molar refractivity (Wildman–Crippen MR) is 122 cm³/mol. The summed E-state index contributed by atoms with van der Waals surface area (Å²) in [7, 11) is 0. The molecule has 0 saturated heterocycles. The standard InChI is InChI=1S/C27H38FN/c1-3-5-6-7-8-9-10-22-11-14-23(15-12-22)24-16-18-27(29-20-24)25-17-13-21(4-2)19-26(25)28/h13,16-20,22-23H,3-12,14-15H2,1-2H3. The summed E-state index contributed by atoms with van der Waals surface area (Å²) in [5.74, 6) is 1.39. The molecule has 0 N–H and O–H groups in total. The van der Waals surface area contributed by atoms with E-state index >= 15 is 0 Å². The van der Waals surface area contributed by atoms with Crippen molar-refractivity contribution in [3.8, 4) is 11.3 Å². The van der Waals surface area contributed by atoms with Crippen molar-refractivity contribution in [1.29, 1.82) is 0 Å². The van der Waals surface area contributed by atoms with Crippen LogP contribution in [0.3, 0.4) is 0 Å². The number of rotatable bonds is 10. The summed E-state index contributed by atoms with van der Waals surface area (Å²) in [6.07, 6.45) is 17.9. The van der Waals surface area contributed by atoms with Gasteiger partial charge in [-0.1, -0.05) is 70.9 Å². The van der Waals surface area contributed by atoms with E-state index in [1.54, 1.807) is 6.07 Å². The fourth-order valence-electron chi connectivity index (χ4n) is 4.79. The number of nitrogens with zero attached hydrogens (tertiary/aromatic N) is 1. The molecule has 0 atom stereocenters. The Hall–Kier alpha value is -1.70. The van der Waals surface area contributed by atoms with E-state index in [-0.39, 0.29) is 5.82 Å². The van der Waals surface area contributed by atoms with Crippen LogP contribution in [0.4, 0.5) is 4.39 Å². The van der Waals surface area contributed by atoms with Crippen molar-refractivity contribution in [1.82, 2.24) is 4.98 Å². The van der Waals surface area contributed by atoms with E-state index < -0.39 is 0 Å². The molecule has 0 aliphatic heterocycles. The van der Waals surface area contributed by atoms with Gasteiger partial charge in [-0.05, 0) is 73.3 Å². The summed E-state index contributed by atoms with van der Waals surface area (Å²) in [6, 6.07) is 9.68. The van der Waals surface area contributed by atoms with E-state index in [1.165, 1.54) is 76.2 Å². The quantitative estimate of drug-likeness (QED) is 0.368. The Morgan fingerprint density at radius 3 is 2.31 bits per heavy atom. The van der Waals surface area contributed by atoms with Crippen LogP contribution in [0.15, 0.2) is 36.5 Å². The van der Waals surface area contributed by atoms with Crippen molar-refractivity contribution in [2.45, 2.75) is 96.8 Å². The second kappa shape index (κ2) is 11.5. The first-order chi connectivity index (χ1) is 14.2. The summed E-state index contributed by atoms with van der Waals surface area (Å²) in [4.78, 5) is 4.60. The van der Waals surface area contributed by atoms with Gasteiger partial charge in [-0.3, -0.25) is 4.98 Å². The number of hydrogen-bond acceptors (Lipinski definition) is 1. The summed E-state index contributed by atoms with van der Waals surface area (Å²) in [5, 5.41) is 0. The van der Waals surface area contributed by atoms with E-state index in [4.69, 9.17) is 0 Å². The molecule has 1 heterocycles. The van der Waals surface area contributed by atoms with Crippen LogP contribution in [0.25, 0.3) is 11.3 Å². The van der Waals surface area contributed by atoms with Crippen molar-refractivity contribution >= 4 is 0 Å². The third-order valence-electron chi connectivity index (χ3n) is 6.79. The number of benzene rings is 1. The van der Waals surface area contributed by atoms with Crippen LogP contribution in [0.5, 0.6) is 0 Å². The molecule has 1 aromatic carbocycles. The van der Waals surface area contributed by atoms with Gasteiger partial charge in [0.05, 0.1) is 5.69 Å². The monoisotopic (exact) mass is 395 g/mol. The average molecular weight is 396 g/mol. The zero-order chi connectivity index (χ0) is 20.5. The van der Waals surface area contributed by atoms with Gasteiger partial charge in [0.2, 0.25) is 0 Å². The molecule has 158 valence electrons. The third-order valence-corrected chi connectivity index (χ3v) is 6.79. The largest absolute Gasteiger partial charge is 0.256 e. The molecule has 0 radical (unpaired) electrons. The first kappa shape index (κ1) is 22.0. The lowest BCUT2D eigenvalue weighted by Crippen LogP contribution is -2.13. The Kier molecular flexibility index (Phi) is 8.70. The summed E-state index contributed by atoms with van der Waals surface area (Å²) in [5.41, 5.74) is 3.71. The van der Waals surface area contributed by atoms with Crippen molar-refractivity contribution in [3.05, 3.63) is 53.5 Å². The Labute approximate surface area is 177 Å². The molecule has 1 aromatic heterocycles. The number of hydrogen-bond donors (Lipinski definition) is 0. The Bertz CT molecular complexity index is 729. The van der Waals surface area contributed by atoms with Crippen LogP contribution in [-0.4, -0.2) is 4.98 Å². The molecule has 1 aliphatic carbocycles. The minimum absolute atomic E-state index is 0.167. The van der Waals surface area contributed by atoms with Gasteiger partial charge < -0.3 is 0 Å². The molecular weight excluding hydrogens is 357 g/mol. The highest BCUT2D eigenvalue weighted by Crippen LogP contribution is 2.38. The van der Waals surface area contributed by atoms with Crippen LogP contribution < -0.4 is 0 Å². The van der Waals surface area contributed by atoms with E-state index in [9.17, 15) is 4.39 Å². The molecule has 0 spiro atoms. The van der Waals surface area contributed by atoms with Crippen LogP contribution in [-0.2, 0) is 6.42 Å². The highest BCUT2D eigenvalue weighted by Gasteiger charge is 2.22. The fourth-order valence-corrected chi connectivity index (χ4v) is 4.79. The van der Waals surface area contributed by atoms with Gasteiger partial charge in [-0.2, -0.15) is 0 Å². The van der Waals surface area contributed by atoms with Crippen molar-refractivity contribution < 1.29 is 4.39 Å². The smallest absolute Gasteiger partial charge is 0.132 e. The Balaban J connectivity index is 1.47. The van der Waals surface area contributed by atoms with Crippen molar-refractivity contribution in [2.75, 3.05) is 0 Å². The summed E-state index contributed by atoms with van der Waals surface area (Å²) < 4.78 is 14.4. The number of aromatic nitrogens is 1. The molecule has 0 bridgehead atoms. The zero-order valence-corrected chi connectivity index (χ0v) is 18.4. The highest BCUT2D eigenvalue weighted by atomic mass is 19.1. The van der Waals surface area contributed by atoms with E-state index in [0.717, 1.165) is 23.6 Å². The SMILES string of the molecule is CCCCCCCCC1CCC(c2ccc(-c3ccc(CC)cc3F)nc2)CC1. The number of unbranched alkanes of at least 4 members (excludes halogenated alkanes) is 5. The minimum Gasteiger partial charge on any atom is -0.256 e. The molecule has 0 unspecified atom stereocenters. The maximum atomic E-state index is 14.4. The lowest BCUT2D eigenvalue weighted by Gasteiger charge is -2.28. The number of halogens is 1. The lowest BCUT2D eigenvalue weighted by atomic mass is 9.77. The van der Waals surface area contributed by atoms with Gasteiger partial charge in [-0.15, -0.1) is 0 Å². The predicted octanol–water partition coefficient (Wildman–Crippen LogP) is 8.47. The first-order valence-corrected chi connectivity index (χ1v) is 12.0. The highest BCUT2D eigenvalue weighted by molar-refractivity contribution is 5.60. The molecule has 1 saturated carbocycles. The second-order valence-corrected chi connectivity index (χ2v) is 8.92. The lowest BCUT2D eigenvalue weighted by molar-refractivity contribution is 0.301. The fraction of sp³-hybridized carbons (Fsp3) is 0.593. The van der Waals surface area contributed by atoms with Gasteiger partial charge in [-0.25, -0.2) is 4.39 Å². The van der Waals surface area contributed by atoms with Crippen LogP contribution in [0, 0.1) is 11.7 Å². The maximum absolute atomic E-state index is 14.4. The summed E-state index contributed by atoms with van der Waals surface area (Å²) in [6.45, 7) is 4.33. The molecule has 29 heavy (non-hydrogen) atoms. The van der Waals surface area contributed by atoms with Gasteiger partial charge in [0.25, 0.3) is 0 Å². The maximum Gasteiger partial charge on any atom is 0.132 e. The van der Waals surface area contributed by atoms with Crippen LogP contribution >= 0.6 is 0 Å². The molecule has 0 amide bonds. The molecule has 1 aliphatic rings. The third kappa shape index (κ3) is 6.39. The molecule has 1 fully saturated rings. The van der Waals surface area contributed by atoms with Gasteiger partial charge in [0, 0.05) is 11.8 Å². The molecule has 3 rings (SSSR count). The Morgan fingerprint density at radius 2 is 1.66 bits per heavy atom. The molecular formula is C27H38FN. The first-order valence-electron chi connectivity index (χ1n) is 12.0. The average Bonchev–Trinajstić information content (AvgIpc) is 2.77. The topological polar surface area (TPSA) is 12.9 Å². The van der Waals surface area contributed by atoms with Gasteiger partial charge in [0.1, 0.15) is 5.82 Å². The second-order valence-electron chi connectivity index (χ2n) is 8.92. The van der Waals surface area contributed by atoms with E-state index in [0.29, 0.717) is 11.5 Å². The van der Waals surface area contributed by atoms with Crippen LogP contribution in [0.1, 0.15) is 102 Å². The number of pyridine rings is 1. The van der Waals surface area contributed by atoms with Crippen molar-refractivity contribution in [2.24, 2.45) is 5.92 Å². The normalized spacial score (nSPS) is 19.4. The summed E-state index contributed by atoms with van der Waals surface area (Å²) >= 11 is 0. The van der Waals surface area contributed by atoms with Gasteiger partial charge >= 0.3 is 0 Å². The van der Waals surface area contributed by atoms with Crippen molar-refractivity contribution in [3.63, 3.8) is 0 Å². The van der Waals surface area contributed by atoms with Crippen LogP contribution in [0.2, 0.25) is 0 Å². The van der Waals surface area contributed by atoms with E-state index in [2.05, 4.69) is 18.0 Å². The number of aryl methyl sites for hydroxylation is 1. The molecule has 2 aromatic rings. The minimum atomic E-state index is -0.167. The molecule has 1 nitrogen and oxygen atoms in total. The Morgan fingerprint density at radius 1 is 0.897 bits per heavy atom. The zero-order valence-electron chi connectivity index (χ0n) is 18.4. The van der Waals surface area contributed by atoms with Gasteiger partial charge in [0.15, 0.2) is 0 Å². The molecule has 2 heteroatoms. The van der Waals surface area contributed by atoms with E-state index in [1.807, 2.05) is 31.3 Å².